The minimum absolute atomic E-state index is 0.0113. The van der Waals surface area contributed by atoms with Gasteiger partial charge < -0.3 is 15.2 Å². The highest BCUT2D eigenvalue weighted by Gasteiger charge is 2.21. The van der Waals surface area contributed by atoms with Gasteiger partial charge in [0.15, 0.2) is 5.82 Å². The maximum Gasteiger partial charge on any atom is 0.274 e. The van der Waals surface area contributed by atoms with E-state index in [1.54, 1.807) is 31.3 Å². The van der Waals surface area contributed by atoms with E-state index in [1.165, 1.54) is 23.7 Å². The molecule has 10 heteroatoms. The first-order chi connectivity index (χ1) is 16.4. The standard InChI is InChI=1S/C24H24F2N6O2/c1-14-12-28-32-19-6-3-15(20(26)21(19)29-24(34)22(14)32)13-30-7-9-31(10-8-30)16-4-5-17(18(25)11-16)23(33)27-2/h3-6,11-12H,7-10,13H2,1-2H3,(H,27,33)(H,29,34). The number of H-pyrrole nitrogens is 1. The minimum Gasteiger partial charge on any atom is -0.369 e. The van der Waals surface area contributed by atoms with Crippen LogP contribution in [0.2, 0.25) is 0 Å². The number of rotatable bonds is 4. The molecule has 0 unspecified atom stereocenters. The molecule has 176 valence electrons. The van der Waals surface area contributed by atoms with E-state index in [0.29, 0.717) is 55.0 Å². The number of benzene rings is 2. The molecule has 0 spiro atoms. The Labute approximate surface area is 193 Å². The lowest BCUT2D eigenvalue weighted by atomic mass is 10.1. The van der Waals surface area contributed by atoms with E-state index in [4.69, 9.17) is 0 Å². The molecule has 2 aromatic carbocycles. The van der Waals surface area contributed by atoms with E-state index in [0.717, 1.165) is 5.56 Å². The topological polar surface area (TPSA) is 85.7 Å². The number of aromatic amines is 1. The van der Waals surface area contributed by atoms with Gasteiger partial charge in [-0.05, 0) is 31.2 Å². The molecule has 1 aliphatic heterocycles. The molecule has 0 bridgehead atoms. The van der Waals surface area contributed by atoms with Crippen LogP contribution in [0.3, 0.4) is 0 Å². The van der Waals surface area contributed by atoms with Crippen LogP contribution in [0.4, 0.5) is 14.5 Å². The summed E-state index contributed by atoms with van der Waals surface area (Å²) in [4.78, 5) is 31.0. The molecule has 0 saturated carbocycles. The van der Waals surface area contributed by atoms with Crippen molar-refractivity contribution in [2.45, 2.75) is 13.5 Å². The van der Waals surface area contributed by atoms with Gasteiger partial charge in [0.1, 0.15) is 16.9 Å². The third kappa shape index (κ3) is 3.69. The fourth-order valence-corrected chi connectivity index (χ4v) is 4.51. The molecule has 3 heterocycles. The fourth-order valence-electron chi connectivity index (χ4n) is 4.51. The third-order valence-corrected chi connectivity index (χ3v) is 6.39. The number of hydrogen-bond donors (Lipinski definition) is 2. The maximum atomic E-state index is 15.3. The number of halogens is 2. The second kappa shape index (κ2) is 8.53. The first-order valence-corrected chi connectivity index (χ1v) is 11.0. The molecule has 2 aromatic heterocycles. The van der Waals surface area contributed by atoms with Crippen LogP contribution in [0.15, 0.2) is 41.3 Å². The number of piperazine rings is 1. The van der Waals surface area contributed by atoms with E-state index in [1.807, 2.05) is 4.90 Å². The third-order valence-electron chi connectivity index (χ3n) is 6.39. The fraction of sp³-hybridized carbons (Fsp3) is 0.292. The van der Waals surface area contributed by atoms with Crippen LogP contribution in [-0.4, -0.2) is 58.6 Å². The lowest BCUT2D eigenvalue weighted by Gasteiger charge is -2.36. The van der Waals surface area contributed by atoms with Crippen LogP contribution in [-0.2, 0) is 6.54 Å². The lowest BCUT2D eigenvalue weighted by molar-refractivity contribution is 0.0959. The quantitative estimate of drug-likeness (QED) is 0.483. The van der Waals surface area contributed by atoms with Gasteiger partial charge in [0.05, 0.1) is 17.3 Å². The van der Waals surface area contributed by atoms with Crippen LogP contribution < -0.4 is 15.8 Å². The highest BCUT2D eigenvalue weighted by molar-refractivity contribution is 5.94. The second-order valence-corrected chi connectivity index (χ2v) is 8.48. The molecule has 8 nitrogen and oxygen atoms in total. The molecule has 1 aliphatic rings. The van der Waals surface area contributed by atoms with Gasteiger partial charge in [-0.3, -0.25) is 14.5 Å². The first kappa shape index (κ1) is 22.0. The van der Waals surface area contributed by atoms with Crippen molar-refractivity contribution in [3.63, 3.8) is 0 Å². The number of fused-ring (bicyclic) bond motifs is 3. The Kier molecular flexibility index (Phi) is 5.52. The predicted octanol–water partition coefficient (Wildman–Crippen LogP) is 2.44. The number of nitrogens with one attached hydrogen (secondary N) is 2. The summed E-state index contributed by atoms with van der Waals surface area (Å²) >= 11 is 0. The Hall–Kier alpha value is -3.79. The maximum absolute atomic E-state index is 15.3. The van der Waals surface area contributed by atoms with E-state index < -0.39 is 17.5 Å². The summed E-state index contributed by atoms with van der Waals surface area (Å²) in [5.41, 5.74) is 2.63. The first-order valence-electron chi connectivity index (χ1n) is 11.0. The number of aryl methyl sites for hydroxylation is 1. The average Bonchev–Trinajstić information content (AvgIpc) is 3.23. The van der Waals surface area contributed by atoms with Crippen molar-refractivity contribution >= 4 is 28.1 Å². The molecular formula is C24H24F2N6O2. The Morgan fingerprint density at radius 2 is 1.91 bits per heavy atom. The van der Waals surface area contributed by atoms with Gasteiger partial charge in [-0.15, -0.1) is 0 Å². The number of anilines is 1. The van der Waals surface area contributed by atoms with Gasteiger partial charge in [0.25, 0.3) is 11.5 Å². The molecule has 2 N–H and O–H groups in total. The van der Waals surface area contributed by atoms with Crippen molar-refractivity contribution in [1.82, 2.24) is 24.8 Å². The molecule has 0 radical (unpaired) electrons. The summed E-state index contributed by atoms with van der Waals surface area (Å²) in [5.74, 6) is -1.48. The molecular weight excluding hydrogens is 442 g/mol. The second-order valence-electron chi connectivity index (χ2n) is 8.48. The van der Waals surface area contributed by atoms with Crippen molar-refractivity contribution in [2.75, 3.05) is 38.1 Å². The molecule has 1 fully saturated rings. The summed E-state index contributed by atoms with van der Waals surface area (Å²) in [6.45, 7) is 4.76. The van der Waals surface area contributed by atoms with Gasteiger partial charge in [-0.1, -0.05) is 6.07 Å². The van der Waals surface area contributed by atoms with Crippen molar-refractivity contribution in [3.05, 3.63) is 75.2 Å². The molecule has 0 atom stereocenters. The summed E-state index contributed by atoms with van der Waals surface area (Å²) < 4.78 is 31.1. The molecule has 1 amide bonds. The zero-order valence-electron chi connectivity index (χ0n) is 18.9. The van der Waals surface area contributed by atoms with Crippen molar-refractivity contribution in [1.29, 1.82) is 0 Å². The Bertz CT molecular complexity index is 1470. The molecule has 5 rings (SSSR count). The molecule has 34 heavy (non-hydrogen) atoms. The lowest BCUT2D eigenvalue weighted by Crippen LogP contribution is -2.46. The van der Waals surface area contributed by atoms with E-state index in [2.05, 4.69) is 20.3 Å². The van der Waals surface area contributed by atoms with E-state index in [9.17, 15) is 14.0 Å². The zero-order chi connectivity index (χ0) is 24.0. The smallest absolute Gasteiger partial charge is 0.274 e. The van der Waals surface area contributed by atoms with E-state index >= 15 is 4.39 Å². The minimum atomic E-state index is -0.562. The van der Waals surface area contributed by atoms with Crippen LogP contribution in [0.25, 0.3) is 16.6 Å². The molecule has 4 aromatic rings. The number of nitrogens with zero attached hydrogens (tertiary/aromatic N) is 4. The van der Waals surface area contributed by atoms with Gasteiger partial charge in [0.2, 0.25) is 0 Å². The van der Waals surface area contributed by atoms with Crippen molar-refractivity contribution in [3.8, 4) is 0 Å². The van der Waals surface area contributed by atoms with Crippen LogP contribution in [0.5, 0.6) is 0 Å². The number of amides is 1. The monoisotopic (exact) mass is 466 g/mol. The molecule has 0 aliphatic carbocycles. The normalized spacial score (nSPS) is 14.8. The van der Waals surface area contributed by atoms with Crippen LogP contribution in [0.1, 0.15) is 21.5 Å². The Morgan fingerprint density at radius 1 is 1.15 bits per heavy atom. The van der Waals surface area contributed by atoms with Crippen LogP contribution in [0, 0.1) is 18.6 Å². The SMILES string of the molecule is CNC(=O)c1ccc(N2CCN(Cc3ccc4c([nH]c(=O)c5c(C)cnn54)c3F)CC2)cc1F. The van der Waals surface area contributed by atoms with Gasteiger partial charge in [0, 0.05) is 56.6 Å². The highest BCUT2D eigenvalue weighted by atomic mass is 19.1. The number of hydrogen-bond acceptors (Lipinski definition) is 5. The van der Waals surface area contributed by atoms with E-state index in [-0.39, 0.29) is 16.6 Å². The van der Waals surface area contributed by atoms with Gasteiger partial charge >= 0.3 is 0 Å². The van der Waals surface area contributed by atoms with Gasteiger partial charge in [-0.25, -0.2) is 13.3 Å². The summed E-state index contributed by atoms with van der Waals surface area (Å²) in [5, 5.41) is 6.65. The van der Waals surface area contributed by atoms with Crippen molar-refractivity contribution in [2.24, 2.45) is 0 Å². The molecule has 1 saturated heterocycles. The number of aromatic nitrogens is 3. The summed E-state index contributed by atoms with van der Waals surface area (Å²) in [6.07, 6.45) is 1.59. The number of carbonyl (C=O) groups excluding carboxylic acids is 1. The highest BCUT2D eigenvalue weighted by Crippen LogP contribution is 2.24. The average molecular weight is 466 g/mol. The summed E-state index contributed by atoms with van der Waals surface area (Å²) in [6, 6.07) is 8.10. The van der Waals surface area contributed by atoms with Crippen molar-refractivity contribution < 1.29 is 13.6 Å². The Balaban J connectivity index is 1.32. The van der Waals surface area contributed by atoms with Gasteiger partial charge in [-0.2, -0.15) is 5.10 Å². The predicted molar refractivity (Wildman–Crippen MR) is 125 cm³/mol. The summed E-state index contributed by atoms with van der Waals surface area (Å²) in [7, 11) is 1.46. The zero-order valence-corrected chi connectivity index (χ0v) is 18.9. The number of carbonyl (C=O) groups is 1. The van der Waals surface area contributed by atoms with Crippen LogP contribution >= 0.6 is 0 Å². The Morgan fingerprint density at radius 3 is 2.62 bits per heavy atom. The largest absolute Gasteiger partial charge is 0.369 e.